The van der Waals surface area contributed by atoms with Gasteiger partial charge in [-0.25, -0.2) is 4.79 Å². The van der Waals surface area contributed by atoms with Crippen LogP contribution in [0.25, 0.3) is 0 Å². The molecule has 5 heteroatoms. The van der Waals surface area contributed by atoms with Gasteiger partial charge in [-0.1, -0.05) is 0 Å². The van der Waals surface area contributed by atoms with Crippen LogP contribution in [0.2, 0.25) is 0 Å². The van der Waals surface area contributed by atoms with E-state index in [1.54, 1.807) is 6.07 Å². The number of aromatic nitrogens is 1. The monoisotopic (exact) mass is 276 g/mol. The largest absolute Gasteiger partial charge is 0.478 e. The average molecular weight is 276 g/mol. The van der Waals surface area contributed by atoms with E-state index in [0.29, 0.717) is 11.3 Å². The molecule has 0 radical (unpaired) electrons. The Morgan fingerprint density at radius 3 is 2.70 bits per heavy atom. The van der Waals surface area contributed by atoms with E-state index in [9.17, 15) is 14.7 Å². The zero-order valence-corrected chi connectivity index (χ0v) is 11.8. The van der Waals surface area contributed by atoms with Gasteiger partial charge in [0.05, 0.1) is 5.56 Å². The van der Waals surface area contributed by atoms with E-state index in [4.69, 9.17) is 0 Å². The Morgan fingerprint density at radius 1 is 1.25 bits per heavy atom. The molecule has 1 fully saturated rings. The van der Waals surface area contributed by atoms with E-state index in [1.165, 1.54) is 0 Å². The van der Waals surface area contributed by atoms with Crippen LogP contribution in [0.15, 0.2) is 6.07 Å². The van der Waals surface area contributed by atoms with Crippen LogP contribution in [0.3, 0.4) is 0 Å². The van der Waals surface area contributed by atoms with Gasteiger partial charge in [0.1, 0.15) is 5.69 Å². The van der Waals surface area contributed by atoms with Crippen molar-refractivity contribution in [1.29, 1.82) is 0 Å². The molecule has 5 nitrogen and oxygen atoms in total. The molecule has 2 aliphatic heterocycles. The molecule has 0 aliphatic carbocycles. The van der Waals surface area contributed by atoms with Gasteiger partial charge < -0.3 is 14.6 Å². The number of carbonyl (C=O) groups excluding carboxylic acids is 1. The van der Waals surface area contributed by atoms with E-state index >= 15 is 0 Å². The second-order valence-electron chi connectivity index (χ2n) is 5.79. The maximum absolute atomic E-state index is 12.7. The number of nitrogens with zero attached hydrogens (tertiary/aromatic N) is 2. The highest BCUT2D eigenvalue weighted by Gasteiger charge is 2.31. The fourth-order valence-corrected chi connectivity index (χ4v) is 3.42. The third kappa shape index (κ3) is 2.01. The summed E-state index contributed by atoms with van der Waals surface area (Å²) in [5.41, 5.74) is 1.68. The van der Waals surface area contributed by atoms with Crippen LogP contribution >= 0.6 is 0 Å². The maximum atomic E-state index is 12.7. The fourth-order valence-electron chi connectivity index (χ4n) is 3.42. The number of carbonyl (C=O) groups is 2. The zero-order valence-electron chi connectivity index (χ0n) is 11.8. The second-order valence-corrected chi connectivity index (χ2v) is 5.79. The molecule has 1 amide bonds. The molecule has 1 aromatic rings. The molecule has 0 saturated carbocycles. The first-order valence-electron chi connectivity index (χ1n) is 7.36. The zero-order chi connectivity index (χ0) is 14.3. The van der Waals surface area contributed by atoms with Crippen LogP contribution < -0.4 is 0 Å². The smallest absolute Gasteiger partial charge is 0.337 e. The van der Waals surface area contributed by atoms with Crippen molar-refractivity contribution < 1.29 is 14.7 Å². The normalized spacial score (nSPS) is 21.9. The lowest BCUT2D eigenvalue weighted by atomic mass is 10.1. The predicted octanol–water partition coefficient (Wildman–Crippen LogP) is 2.15. The summed E-state index contributed by atoms with van der Waals surface area (Å²) in [5.74, 6) is -0.935. The number of hydrogen-bond donors (Lipinski definition) is 1. The molecule has 3 heterocycles. The SMILES string of the molecule is C[C@H]1CCCN1C(=O)c1cc(C(=O)O)c2n1CCCC2. The van der Waals surface area contributed by atoms with Crippen molar-refractivity contribution in [2.75, 3.05) is 6.54 Å². The molecule has 0 spiro atoms. The number of hydrogen-bond acceptors (Lipinski definition) is 2. The molecule has 20 heavy (non-hydrogen) atoms. The molecule has 1 aromatic heterocycles. The van der Waals surface area contributed by atoms with Crippen molar-refractivity contribution in [3.05, 3.63) is 23.0 Å². The molecule has 1 N–H and O–H groups in total. The van der Waals surface area contributed by atoms with Crippen LogP contribution in [0.5, 0.6) is 0 Å². The second kappa shape index (κ2) is 4.96. The first-order valence-corrected chi connectivity index (χ1v) is 7.36. The van der Waals surface area contributed by atoms with Gasteiger partial charge in [-0.05, 0) is 45.1 Å². The van der Waals surface area contributed by atoms with Gasteiger partial charge in [-0.2, -0.15) is 0 Å². The number of amides is 1. The van der Waals surface area contributed by atoms with Crippen LogP contribution in [-0.2, 0) is 13.0 Å². The number of likely N-dealkylation sites (tertiary alicyclic amines) is 1. The van der Waals surface area contributed by atoms with E-state index in [1.807, 2.05) is 9.47 Å². The summed E-state index contributed by atoms with van der Waals surface area (Å²) in [6.45, 7) is 3.60. The lowest BCUT2D eigenvalue weighted by Gasteiger charge is -2.24. The maximum Gasteiger partial charge on any atom is 0.337 e. The molecule has 2 aliphatic rings. The Kier molecular flexibility index (Phi) is 3.28. The third-order valence-electron chi connectivity index (χ3n) is 4.52. The Morgan fingerprint density at radius 2 is 2.05 bits per heavy atom. The van der Waals surface area contributed by atoms with E-state index in [2.05, 4.69) is 6.92 Å². The van der Waals surface area contributed by atoms with Gasteiger partial charge in [-0.15, -0.1) is 0 Å². The highest BCUT2D eigenvalue weighted by atomic mass is 16.4. The Balaban J connectivity index is 2.01. The Hall–Kier alpha value is -1.78. The Labute approximate surface area is 118 Å². The molecule has 0 aromatic carbocycles. The summed E-state index contributed by atoms with van der Waals surface area (Å²) < 4.78 is 1.93. The standard InChI is InChI=1S/C15H20N2O3/c1-10-5-4-8-16(10)14(18)13-9-11(15(19)20)12-6-2-3-7-17(12)13/h9-10H,2-8H2,1H3,(H,19,20)/t10-/m0/s1. The van der Waals surface area contributed by atoms with Crippen molar-refractivity contribution >= 4 is 11.9 Å². The quantitative estimate of drug-likeness (QED) is 0.900. The Bertz CT molecular complexity index is 562. The van der Waals surface area contributed by atoms with Crippen molar-refractivity contribution in [2.24, 2.45) is 0 Å². The fraction of sp³-hybridized carbons (Fsp3) is 0.600. The van der Waals surface area contributed by atoms with Crippen molar-refractivity contribution in [2.45, 2.75) is 51.6 Å². The molecular weight excluding hydrogens is 256 g/mol. The molecule has 0 unspecified atom stereocenters. The number of carboxylic acids is 1. The van der Waals surface area contributed by atoms with Crippen molar-refractivity contribution in [3.63, 3.8) is 0 Å². The minimum atomic E-state index is -0.927. The van der Waals surface area contributed by atoms with Crippen LogP contribution in [-0.4, -0.2) is 39.0 Å². The molecular formula is C15H20N2O3. The predicted molar refractivity (Wildman–Crippen MR) is 74.1 cm³/mol. The number of rotatable bonds is 2. The highest BCUT2D eigenvalue weighted by Crippen LogP contribution is 2.27. The molecule has 108 valence electrons. The lowest BCUT2D eigenvalue weighted by Crippen LogP contribution is -2.35. The van der Waals surface area contributed by atoms with E-state index in [-0.39, 0.29) is 11.9 Å². The first kappa shape index (κ1) is 13.2. The van der Waals surface area contributed by atoms with Gasteiger partial charge in [0.25, 0.3) is 5.91 Å². The van der Waals surface area contributed by atoms with Crippen LogP contribution in [0, 0.1) is 0 Å². The van der Waals surface area contributed by atoms with Crippen molar-refractivity contribution in [1.82, 2.24) is 9.47 Å². The summed E-state index contributed by atoms with van der Waals surface area (Å²) in [5, 5.41) is 9.32. The van der Waals surface area contributed by atoms with E-state index in [0.717, 1.165) is 50.9 Å². The van der Waals surface area contributed by atoms with Gasteiger partial charge in [0.2, 0.25) is 0 Å². The minimum absolute atomic E-state index is 0.00866. The summed E-state index contributed by atoms with van der Waals surface area (Å²) in [6, 6.07) is 1.83. The van der Waals surface area contributed by atoms with Crippen molar-refractivity contribution in [3.8, 4) is 0 Å². The molecule has 0 bridgehead atoms. The van der Waals surface area contributed by atoms with Gasteiger partial charge in [0.15, 0.2) is 0 Å². The summed E-state index contributed by atoms with van der Waals surface area (Å²) >= 11 is 0. The summed E-state index contributed by atoms with van der Waals surface area (Å²) in [6.07, 6.45) is 4.83. The van der Waals surface area contributed by atoms with Gasteiger partial charge in [-0.3, -0.25) is 4.79 Å². The molecule has 3 rings (SSSR count). The van der Waals surface area contributed by atoms with Gasteiger partial charge >= 0.3 is 5.97 Å². The topological polar surface area (TPSA) is 62.5 Å². The molecule has 1 saturated heterocycles. The number of aromatic carboxylic acids is 1. The highest BCUT2D eigenvalue weighted by molar-refractivity contribution is 5.98. The van der Waals surface area contributed by atoms with Crippen LogP contribution in [0.1, 0.15) is 59.1 Å². The van der Waals surface area contributed by atoms with Crippen LogP contribution in [0.4, 0.5) is 0 Å². The number of fused-ring (bicyclic) bond motifs is 1. The summed E-state index contributed by atoms with van der Waals surface area (Å²) in [7, 11) is 0. The van der Waals surface area contributed by atoms with Gasteiger partial charge in [0, 0.05) is 24.8 Å². The first-order chi connectivity index (χ1) is 9.59. The number of carboxylic acid groups (broad SMARTS) is 1. The lowest BCUT2D eigenvalue weighted by molar-refractivity contribution is 0.0694. The minimum Gasteiger partial charge on any atom is -0.478 e. The molecule has 1 atom stereocenters. The third-order valence-corrected chi connectivity index (χ3v) is 4.52. The summed E-state index contributed by atoms with van der Waals surface area (Å²) in [4.78, 5) is 25.9. The average Bonchev–Trinajstić information content (AvgIpc) is 3.01. The van der Waals surface area contributed by atoms with E-state index < -0.39 is 5.97 Å².